The number of rotatable bonds is 4. The molecule has 0 aliphatic heterocycles. The highest BCUT2D eigenvalue weighted by Gasteiger charge is 2.06. The Labute approximate surface area is 89.3 Å². The van der Waals surface area contributed by atoms with Crippen LogP contribution < -0.4 is 0 Å². The van der Waals surface area contributed by atoms with Gasteiger partial charge in [-0.1, -0.05) is 18.2 Å². The van der Waals surface area contributed by atoms with Crippen molar-refractivity contribution in [2.75, 3.05) is 0 Å². The molecule has 2 nitrogen and oxygen atoms in total. The zero-order chi connectivity index (χ0) is 10.7. The minimum Gasteiger partial charge on any atom is -0.277 e. The van der Waals surface area contributed by atoms with Crippen molar-refractivity contribution in [2.45, 2.75) is 12.8 Å². The molecule has 1 aromatic heterocycles. The van der Waals surface area contributed by atoms with Gasteiger partial charge in [-0.25, -0.2) is 0 Å². The zero-order valence-corrected chi connectivity index (χ0v) is 8.59. The molecular formula is C13H13N2. The third-order valence-corrected chi connectivity index (χ3v) is 2.47. The van der Waals surface area contributed by atoms with Crippen LogP contribution in [0.4, 0.5) is 0 Å². The molecule has 0 amide bonds. The molecular weight excluding hydrogens is 184 g/mol. The Hall–Kier alpha value is -1.83. The maximum Gasteiger partial charge on any atom is 0.121 e. The molecule has 15 heavy (non-hydrogen) atoms. The molecule has 0 saturated heterocycles. The van der Waals surface area contributed by atoms with E-state index in [1.165, 1.54) is 11.1 Å². The second-order valence-electron chi connectivity index (χ2n) is 3.45. The van der Waals surface area contributed by atoms with Gasteiger partial charge in [-0.3, -0.25) is 5.10 Å². The third-order valence-electron chi connectivity index (χ3n) is 2.47. The van der Waals surface area contributed by atoms with Crippen molar-refractivity contribution in [3.63, 3.8) is 0 Å². The number of fused-ring (bicyclic) bond motifs is 1. The molecule has 2 rings (SSSR count). The molecule has 0 saturated carbocycles. The lowest BCUT2D eigenvalue weighted by Gasteiger charge is -2.06. The van der Waals surface area contributed by atoms with Gasteiger partial charge in [0.1, 0.15) is 6.20 Å². The van der Waals surface area contributed by atoms with E-state index < -0.39 is 0 Å². The minimum absolute atomic E-state index is 0.844. The van der Waals surface area contributed by atoms with Gasteiger partial charge in [-0.15, -0.1) is 13.2 Å². The van der Waals surface area contributed by atoms with Crippen molar-refractivity contribution in [3.8, 4) is 0 Å². The Morgan fingerprint density at radius 2 is 2.07 bits per heavy atom. The lowest BCUT2D eigenvalue weighted by Crippen LogP contribution is -1.92. The fourth-order valence-electron chi connectivity index (χ4n) is 1.78. The molecule has 0 fully saturated rings. The van der Waals surface area contributed by atoms with Crippen LogP contribution in [0.3, 0.4) is 0 Å². The second kappa shape index (κ2) is 4.13. The van der Waals surface area contributed by atoms with Crippen molar-refractivity contribution in [1.29, 1.82) is 0 Å². The molecule has 0 spiro atoms. The molecule has 1 aromatic carbocycles. The Morgan fingerprint density at radius 1 is 1.27 bits per heavy atom. The van der Waals surface area contributed by atoms with Gasteiger partial charge in [0.25, 0.3) is 0 Å². The summed E-state index contributed by atoms with van der Waals surface area (Å²) in [4.78, 5) is 0. The monoisotopic (exact) mass is 197 g/mol. The fraction of sp³-hybridized carbons (Fsp3) is 0.154. The standard InChI is InChI=1S/C13H13N2/c1-3-5-10-7-8-13-12(9-14-15-13)11(10)6-4-2/h3-4,7-8H,1-2,5-6H2,(H,14,15). The van der Waals surface area contributed by atoms with Gasteiger partial charge >= 0.3 is 0 Å². The molecule has 2 heteroatoms. The first-order valence-electron chi connectivity index (χ1n) is 4.95. The van der Waals surface area contributed by atoms with Gasteiger partial charge in [0, 0.05) is 5.39 Å². The average molecular weight is 197 g/mol. The number of benzene rings is 1. The van der Waals surface area contributed by atoms with E-state index in [1.54, 1.807) is 0 Å². The average Bonchev–Trinajstić information content (AvgIpc) is 2.70. The number of aromatic nitrogens is 2. The van der Waals surface area contributed by atoms with Gasteiger partial charge in [-0.2, -0.15) is 5.10 Å². The predicted octanol–water partition coefficient (Wildman–Crippen LogP) is 2.82. The number of allylic oxidation sites excluding steroid dienone is 2. The van der Waals surface area contributed by atoms with E-state index >= 15 is 0 Å². The quantitative estimate of drug-likeness (QED) is 0.750. The molecule has 0 atom stereocenters. The van der Waals surface area contributed by atoms with Crippen LogP contribution in [0.2, 0.25) is 0 Å². The summed E-state index contributed by atoms with van der Waals surface area (Å²) in [5.74, 6) is 0. The fourth-order valence-corrected chi connectivity index (χ4v) is 1.78. The van der Waals surface area contributed by atoms with E-state index in [9.17, 15) is 0 Å². The van der Waals surface area contributed by atoms with Crippen LogP contribution in [0.5, 0.6) is 0 Å². The lowest BCUT2D eigenvalue weighted by atomic mass is 9.98. The molecule has 75 valence electrons. The van der Waals surface area contributed by atoms with E-state index in [0.717, 1.165) is 23.7 Å². The Balaban J connectivity index is 2.62. The highest BCUT2D eigenvalue weighted by molar-refractivity contribution is 5.82. The van der Waals surface area contributed by atoms with E-state index in [-0.39, 0.29) is 0 Å². The molecule has 2 aromatic rings. The number of nitrogens with zero attached hydrogens (tertiary/aromatic N) is 1. The predicted molar refractivity (Wildman–Crippen MR) is 62.7 cm³/mol. The molecule has 1 N–H and O–H groups in total. The van der Waals surface area contributed by atoms with Gasteiger partial charge in [-0.05, 0) is 30.0 Å². The number of nitrogens with one attached hydrogen (secondary N) is 1. The normalized spacial score (nSPS) is 10.4. The number of H-pyrrole nitrogens is 1. The lowest BCUT2D eigenvalue weighted by molar-refractivity contribution is 1.11. The largest absolute Gasteiger partial charge is 0.277 e. The summed E-state index contributed by atoms with van der Waals surface area (Å²) < 4.78 is 0. The minimum atomic E-state index is 0.844. The number of aromatic amines is 1. The van der Waals surface area contributed by atoms with Crippen LogP contribution in [0.1, 0.15) is 11.1 Å². The summed E-state index contributed by atoms with van der Waals surface area (Å²) in [5, 5.41) is 7.92. The summed E-state index contributed by atoms with van der Waals surface area (Å²) in [6.07, 6.45) is 8.52. The van der Waals surface area contributed by atoms with Gasteiger partial charge < -0.3 is 0 Å². The topological polar surface area (TPSA) is 28.7 Å². The van der Waals surface area contributed by atoms with E-state index in [0.29, 0.717) is 0 Å². The smallest absolute Gasteiger partial charge is 0.121 e. The summed E-state index contributed by atoms with van der Waals surface area (Å²) >= 11 is 0. The highest BCUT2D eigenvalue weighted by Crippen LogP contribution is 2.21. The Kier molecular flexibility index (Phi) is 2.68. The Bertz CT molecular complexity index is 494. The van der Waals surface area contributed by atoms with Crippen LogP contribution in [-0.4, -0.2) is 10.2 Å². The molecule has 1 radical (unpaired) electrons. The third kappa shape index (κ3) is 1.71. The SMILES string of the molecule is C=CCc1ccc2[nH]n[c]c2c1CC=C. The molecule has 0 aliphatic rings. The first-order chi connectivity index (χ1) is 7.36. The first-order valence-corrected chi connectivity index (χ1v) is 4.95. The van der Waals surface area contributed by atoms with E-state index in [2.05, 4.69) is 35.6 Å². The summed E-state index contributed by atoms with van der Waals surface area (Å²) in [5.41, 5.74) is 3.55. The van der Waals surface area contributed by atoms with Crippen molar-refractivity contribution in [3.05, 3.63) is 54.8 Å². The molecule has 0 bridgehead atoms. The molecule has 0 aliphatic carbocycles. The summed E-state index contributed by atoms with van der Waals surface area (Å²) in [7, 11) is 0. The number of hydrogen-bond acceptors (Lipinski definition) is 1. The van der Waals surface area contributed by atoms with Crippen LogP contribution in [0.25, 0.3) is 10.9 Å². The molecule has 0 unspecified atom stereocenters. The first kappa shape index (κ1) is 9.71. The maximum atomic E-state index is 3.94. The zero-order valence-electron chi connectivity index (χ0n) is 8.59. The van der Waals surface area contributed by atoms with Crippen LogP contribution in [0, 0.1) is 6.20 Å². The maximum absolute atomic E-state index is 3.94. The van der Waals surface area contributed by atoms with E-state index in [4.69, 9.17) is 0 Å². The van der Waals surface area contributed by atoms with E-state index in [1.807, 2.05) is 18.2 Å². The highest BCUT2D eigenvalue weighted by atomic mass is 15.1. The second-order valence-corrected chi connectivity index (χ2v) is 3.45. The van der Waals surface area contributed by atoms with Gasteiger partial charge in [0.15, 0.2) is 0 Å². The molecule has 1 heterocycles. The van der Waals surface area contributed by atoms with Crippen molar-refractivity contribution >= 4 is 10.9 Å². The van der Waals surface area contributed by atoms with Crippen molar-refractivity contribution < 1.29 is 0 Å². The Morgan fingerprint density at radius 3 is 2.80 bits per heavy atom. The van der Waals surface area contributed by atoms with Crippen molar-refractivity contribution in [1.82, 2.24) is 10.2 Å². The van der Waals surface area contributed by atoms with Gasteiger partial charge in [0.05, 0.1) is 5.52 Å². The summed E-state index contributed by atoms with van der Waals surface area (Å²) in [6.45, 7) is 7.54. The number of hydrogen-bond donors (Lipinski definition) is 1. The van der Waals surface area contributed by atoms with Crippen LogP contribution >= 0.6 is 0 Å². The van der Waals surface area contributed by atoms with Crippen LogP contribution in [0.15, 0.2) is 37.4 Å². The summed E-state index contributed by atoms with van der Waals surface area (Å²) in [6, 6.07) is 4.14. The van der Waals surface area contributed by atoms with Crippen LogP contribution in [-0.2, 0) is 12.8 Å². The van der Waals surface area contributed by atoms with Crippen molar-refractivity contribution in [2.24, 2.45) is 0 Å². The van der Waals surface area contributed by atoms with Gasteiger partial charge in [0.2, 0.25) is 0 Å².